The predicted molar refractivity (Wildman–Crippen MR) is 222 cm³/mol. The van der Waals surface area contributed by atoms with E-state index in [0.717, 1.165) is 22.3 Å². The van der Waals surface area contributed by atoms with Crippen molar-refractivity contribution in [3.63, 3.8) is 0 Å². The molecule has 3 N–H and O–H groups in total. The fraction of sp³-hybridized carbons (Fsp3) is 0.213. The van der Waals surface area contributed by atoms with Crippen molar-refractivity contribution in [1.82, 2.24) is 15.5 Å². The predicted octanol–water partition coefficient (Wildman–Crippen LogP) is 6.27. The van der Waals surface area contributed by atoms with Crippen LogP contribution < -0.4 is 10.6 Å². The van der Waals surface area contributed by atoms with Crippen molar-refractivity contribution in [2.24, 2.45) is 0 Å². The summed E-state index contributed by atoms with van der Waals surface area (Å²) >= 11 is 1.33. The van der Waals surface area contributed by atoms with Crippen LogP contribution in [0.2, 0.25) is 0 Å². The quantitative estimate of drug-likeness (QED) is 0.0775. The minimum absolute atomic E-state index is 0.0246. The van der Waals surface area contributed by atoms with Crippen LogP contribution in [0.15, 0.2) is 163 Å². The van der Waals surface area contributed by atoms with Crippen LogP contribution in [0.3, 0.4) is 0 Å². The molecule has 12 heteroatoms. The first-order valence-corrected chi connectivity index (χ1v) is 20.4. The molecule has 0 aromatic heterocycles. The van der Waals surface area contributed by atoms with Gasteiger partial charge in [0.05, 0.1) is 6.61 Å². The Hall–Kier alpha value is -6.50. The number of carbonyl (C=O) groups is 5. The molecule has 3 atom stereocenters. The molecule has 1 fully saturated rings. The molecule has 0 bridgehead atoms. The van der Waals surface area contributed by atoms with Gasteiger partial charge in [-0.1, -0.05) is 140 Å². The number of nitrogens with one attached hydrogen (secondary N) is 2. The Kier molecular flexibility index (Phi) is 13.3. The van der Waals surface area contributed by atoms with Gasteiger partial charge < -0.3 is 25.2 Å². The molecule has 0 radical (unpaired) electrons. The SMILES string of the molecule is O=C(CCCC(NC(=O)c1ccccc1)C(=O)OC(c1ccccc1)c1ccccc1)NC1C(=O)N2C(C(=O)OC(c3ccccc3)c3ccccc3)=C(CO)CS[C@@H]12. The lowest BCUT2D eigenvalue weighted by molar-refractivity contribution is -0.154. The molecule has 3 amide bonds. The second-order valence-corrected chi connectivity index (χ2v) is 15.2. The third-order valence-electron chi connectivity index (χ3n) is 10.1. The van der Waals surface area contributed by atoms with Gasteiger partial charge in [-0.3, -0.25) is 19.3 Å². The van der Waals surface area contributed by atoms with Crippen molar-refractivity contribution in [3.05, 3.63) is 191 Å². The number of hydrogen-bond donors (Lipinski definition) is 3. The zero-order valence-electron chi connectivity index (χ0n) is 32.0. The van der Waals surface area contributed by atoms with E-state index in [4.69, 9.17) is 9.47 Å². The van der Waals surface area contributed by atoms with Crippen LogP contribution in [0.4, 0.5) is 0 Å². The molecular formula is C47H43N3O8S. The number of aliphatic hydroxyl groups excluding tert-OH is 1. The molecule has 5 aromatic carbocycles. The summed E-state index contributed by atoms with van der Waals surface area (Å²) < 4.78 is 12.2. The van der Waals surface area contributed by atoms with E-state index < -0.39 is 65.9 Å². The first kappa shape index (κ1) is 40.7. The van der Waals surface area contributed by atoms with E-state index in [2.05, 4.69) is 10.6 Å². The highest BCUT2D eigenvalue weighted by molar-refractivity contribution is 8.00. The molecule has 11 nitrogen and oxygen atoms in total. The Balaban J connectivity index is 1.01. The van der Waals surface area contributed by atoms with E-state index >= 15 is 0 Å². The second-order valence-electron chi connectivity index (χ2n) is 14.1. The molecule has 2 heterocycles. The summed E-state index contributed by atoms with van der Waals surface area (Å²) in [6, 6.07) is 43.6. The lowest BCUT2D eigenvalue weighted by atomic mass is 10.0. The average Bonchev–Trinajstić information content (AvgIpc) is 3.29. The van der Waals surface area contributed by atoms with E-state index in [1.165, 1.54) is 16.7 Å². The summed E-state index contributed by atoms with van der Waals surface area (Å²) in [4.78, 5) is 69.4. The maximum atomic E-state index is 13.9. The Bertz CT molecular complexity index is 2200. The van der Waals surface area contributed by atoms with Crippen LogP contribution in [0, 0.1) is 0 Å². The molecule has 2 unspecified atom stereocenters. The maximum Gasteiger partial charge on any atom is 0.356 e. The van der Waals surface area contributed by atoms with Crippen LogP contribution in [0.5, 0.6) is 0 Å². The fourth-order valence-corrected chi connectivity index (χ4v) is 8.45. The third kappa shape index (κ3) is 9.63. The number of aliphatic hydroxyl groups is 1. The van der Waals surface area contributed by atoms with Crippen LogP contribution >= 0.6 is 11.8 Å². The van der Waals surface area contributed by atoms with Crippen molar-refractivity contribution >= 4 is 41.4 Å². The molecule has 0 spiro atoms. The van der Waals surface area contributed by atoms with Crippen LogP contribution in [-0.4, -0.2) is 69.5 Å². The number of esters is 2. The number of carbonyl (C=O) groups excluding carboxylic acids is 5. The van der Waals surface area contributed by atoms with Crippen molar-refractivity contribution in [1.29, 1.82) is 0 Å². The molecule has 5 aromatic rings. The van der Waals surface area contributed by atoms with E-state index in [-0.39, 0.29) is 30.7 Å². The summed E-state index contributed by atoms with van der Waals surface area (Å²) in [6.45, 7) is -0.450. The van der Waals surface area contributed by atoms with Crippen molar-refractivity contribution < 1.29 is 38.6 Å². The highest BCUT2D eigenvalue weighted by atomic mass is 32.2. The van der Waals surface area contributed by atoms with E-state index in [9.17, 15) is 29.1 Å². The Morgan fingerprint density at radius 3 is 1.66 bits per heavy atom. The van der Waals surface area contributed by atoms with Gasteiger partial charge in [0.2, 0.25) is 5.91 Å². The van der Waals surface area contributed by atoms with Crippen molar-refractivity contribution in [3.8, 4) is 0 Å². The number of fused-ring (bicyclic) bond motifs is 1. The van der Waals surface area contributed by atoms with Crippen LogP contribution in [-0.2, 0) is 28.7 Å². The molecule has 59 heavy (non-hydrogen) atoms. The zero-order chi connectivity index (χ0) is 41.1. The summed E-state index contributed by atoms with van der Waals surface area (Å²) in [5.74, 6) is -2.58. The number of β-lactam (4-membered cyclic amide) rings is 1. The maximum absolute atomic E-state index is 13.9. The van der Waals surface area contributed by atoms with Crippen molar-refractivity contribution in [2.75, 3.05) is 12.4 Å². The van der Waals surface area contributed by atoms with Gasteiger partial charge in [-0.05, 0) is 52.8 Å². The first-order valence-electron chi connectivity index (χ1n) is 19.4. The smallest absolute Gasteiger partial charge is 0.356 e. The number of benzene rings is 5. The molecule has 2 aliphatic heterocycles. The monoisotopic (exact) mass is 809 g/mol. The Morgan fingerprint density at radius 2 is 1.17 bits per heavy atom. The van der Waals surface area contributed by atoms with Gasteiger partial charge in [-0.2, -0.15) is 0 Å². The van der Waals surface area contributed by atoms with Crippen LogP contribution in [0.1, 0.15) is 64.1 Å². The molecule has 2 aliphatic rings. The fourth-order valence-electron chi connectivity index (χ4n) is 7.12. The van der Waals surface area contributed by atoms with E-state index in [1.807, 2.05) is 121 Å². The molecule has 0 saturated carbocycles. The van der Waals surface area contributed by atoms with Crippen LogP contribution in [0.25, 0.3) is 0 Å². The molecular weight excluding hydrogens is 767 g/mol. The number of amides is 3. The van der Waals surface area contributed by atoms with Gasteiger partial charge in [0.25, 0.3) is 11.8 Å². The number of thioether (sulfide) groups is 1. The molecule has 0 aliphatic carbocycles. The Labute approximate surface area is 346 Å². The summed E-state index contributed by atoms with van der Waals surface area (Å²) in [7, 11) is 0. The minimum Gasteiger partial charge on any atom is -0.451 e. The third-order valence-corrected chi connectivity index (χ3v) is 11.5. The van der Waals surface area contributed by atoms with Gasteiger partial charge in [-0.25, -0.2) is 9.59 Å². The molecule has 1 saturated heterocycles. The Morgan fingerprint density at radius 1 is 0.695 bits per heavy atom. The standard InChI is InChI=1S/C47H43N3O8S/c51-29-36-30-59-45-39(44(54)50(45)40(36)47(56)58-42(33-21-10-3-11-22-33)34-23-12-4-13-24-34)49-38(52)28-16-27-37(48-43(53)35-25-14-5-15-26-35)46(55)57-41(31-17-6-1-7-18-31)32-19-8-2-9-20-32/h1-15,17-26,37,39,41-42,45,51H,16,27-30H2,(H,48,53)(H,49,52)/t37?,39?,45-/m0/s1. The second kappa shape index (κ2) is 19.3. The molecule has 300 valence electrons. The summed E-state index contributed by atoms with van der Waals surface area (Å²) in [5, 5.41) is 15.2. The lowest BCUT2D eigenvalue weighted by Crippen LogP contribution is -2.70. The van der Waals surface area contributed by atoms with E-state index in [1.54, 1.807) is 30.3 Å². The highest BCUT2D eigenvalue weighted by Crippen LogP contribution is 2.41. The van der Waals surface area contributed by atoms with Gasteiger partial charge >= 0.3 is 11.9 Å². The summed E-state index contributed by atoms with van der Waals surface area (Å²) in [5.41, 5.74) is 3.67. The van der Waals surface area contributed by atoms with Gasteiger partial charge in [0, 0.05) is 17.7 Å². The zero-order valence-corrected chi connectivity index (χ0v) is 32.8. The highest BCUT2D eigenvalue weighted by Gasteiger charge is 2.54. The summed E-state index contributed by atoms with van der Waals surface area (Å²) in [6.07, 6.45) is -1.31. The first-order chi connectivity index (χ1) is 28.8. The minimum atomic E-state index is -1.09. The van der Waals surface area contributed by atoms with Gasteiger partial charge in [0.15, 0.2) is 12.2 Å². The largest absolute Gasteiger partial charge is 0.451 e. The van der Waals surface area contributed by atoms with Crippen molar-refractivity contribution in [2.45, 2.75) is 48.9 Å². The topological polar surface area (TPSA) is 151 Å². The number of rotatable bonds is 16. The number of hydrogen-bond acceptors (Lipinski definition) is 9. The lowest BCUT2D eigenvalue weighted by Gasteiger charge is -2.49. The van der Waals surface area contributed by atoms with E-state index in [0.29, 0.717) is 11.1 Å². The number of ether oxygens (including phenoxy) is 2. The van der Waals surface area contributed by atoms with Gasteiger partial charge in [0.1, 0.15) is 23.2 Å². The van der Waals surface area contributed by atoms with Gasteiger partial charge in [-0.15, -0.1) is 11.8 Å². The average molecular weight is 810 g/mol. The normalized spacial score (nSPS) is 16.5. The number of nitrogens with zero attached hydrogens (tertiary/aromatic N) is 1. The molecule has 7 rings (SSSR count).